The van der Waals surface area contributed by atoms with Crippen LogP contribution in [0.4, 0.5) is 0 Å². The highest BCUT2D eigenvalue weighted by molar-refractivity contribution is 6.19. The standard InChI is InChI=1S/C22H29NO5/c1-15-11-16(2)14-23(13-15)9-10-26-19-8-6-5-7-17(19)12-18-20(24)27-22(3,4)28-21(18)25/h5-8,12,15-16H,9-11,13-14H2,1-4H3. The molecule has 0 saturated carbocycles. The maximum absolute atomic E-state index is 12.2. The average Bonchev–Trinajstić information content (AvgIpc) is 2.57. The van der Waals surface area contributed by atoms with E-state index in [4.69, 9.17) is 14.2 Å². The van der Waals surface area contributed by atoms with Gasteiger partial charge in [0.15, 0.2) is 0 Å². The Labute approximate surface area is 166 Å². The van der Waals surface area contributed by atoms with Crippen molar-refractivity contribution in [2.45, 2.75) is 39.9 Å². The number of hydrogen-bond acceptors (Lipinski definition) is 6. The molecule has 2 unspecified atom stereocenters. The van der Waals surface area contributed by atoms with Crippen LogP contribution in [-0.4, -0.2) is 48.9 Å². The summed E-state index contributed by atoms with van der Waals surface area (Å²) >= 11 is 0. The van der Waals surface area contributed by atoms with Crippen LogP contribution < -0.4 is 4.74 Å². The molecule has 28 heavy (non-hydrogen) atoms. The van der Waals surface area contributed by atoms with Gasteiger partial charge in [-0.25, -0.2) is 9.59 Å². The Kier molecular flexibility index (Phi) is 6.08. The molecule has 3 rings (SSSR count). The van der Waals surface area contributed by atoms with Gasteiger partial charge in [0, 0.05) is 39.0 Å². The van der Waals surface area contributed by atoms with E-state index in [2.05, 4.69) is 18.7 Å². The molecule has 6 heteroatoms. The second kappa shape index (κ2) is 8.35. The molecule has 0 N–H and O–H groups in total. The van der Waals surface area contributed by atoms with Crippen molar-refractivity contribution in [3.8, 4) is 5.75 Å². The number of para-hydroxylation sites is 1. The number of likely N-dealkylation sites (tertiary alicyclic amines) is 1. The Bertz CT molecular complexity index is 738. The molecule has 2 atom stereocenters. The molecular formula is C22H29NO5. The lowest BCUT2D eigenvalue weighted by Gasteiger charge is -2.34. The highest BCUT2D eigenvalue weighted by Crippen LogP contribution is 2.27. The van der Waals surface area contributed by atoms with Crippen LogP contribution in [0.15, 0.2) is 29.8 Å². The number of carbonyl (C=O) groups is 2. The fourth-order valence-electron chi connectivity index (χ4n) is 3.92. The summed E-state index contributed by atoms with van der Waals surface area (Å²) in [4.78, 5) is 26.8. The Hall–Kier alpha value is -2.34. The third-order valence-electron chi connectivity index (χ3n) is 4.95. The second-order valence-corrected chi connectivity index (χ2v) is 8.33. The number of nitrogens with zero attached hydrogens (tertiary/aromatic N) is 1. The molecule has 1 aromatic carbocycles. The summed E-state index contributed by atoms with van der Waals surface area (Å²) in [7, 11) is 0. The minimum Gasteiger partial charge on any atom is -0.492 e. The van der Waals surface area contributed by atoms with Crippen molar-refractivity contribution in [3.63, 3.8) is 0 Å². The molecule has 0 amide bonds. The zero-order chi connectivity index (χ0) is 20.3. The van der Waals surface area contributed by atoms with Gasteiger partial charge in [-0.3, -0.25) is 4.90 Å². The SMILES string of the molecule is CC1CC(C)CN(CCOc2ccccc2C=C2C(=O)OC(C)(C)OC2=O)C1. The van der Waals surface area contributed by atoms with Gasteiger partial charge in [-0.05, 0) is 30.4 Å². The third kappa shape index (κ3) is 5.13. The van der Waals surface area contributed by atoms with Crippen LogP contribution >= 0.6 is 0 Å². The lowest BCUT2D eigenvalue weighted by Crippen LogP contribution is -2.41. The summed E-state index contributed by atoms with van der Waals surface area (Å²) in [6.07, 6.45) is 2.75. The first-order valence-electron chi connectivity index (χ1n) is 9.86. The van der Waals surface area contributed by atoms with E-state index in [1.54, 1.807) is 6.07 Å². The van der Waals surface area contributed by atoms with E-state index in [9.17, 15) is 9.59 Å². The lowest BCUT2D eigenvalue weighted by atomic mass is 9.92. The minimum atomic E-state index is -1.25. The van der Waals surface area contributed by atoms with Crippen molar-refractivity contribution < 1.29 is 23.8 Å². The van der Waals surface area contributed by atoms with Gasteiger partial charge in [0.05, 0.1) is 0 Å². The van der Waals surface area contributed by atoms with Crippen LogP contribution in [0, 0.1) is 11.8 Å². The number of benzene rings is 1. The van der Waals surface area contributed by atoms with E-state index < -0.39 is 17.7 Å². The van der Waals surface area contributed by atoms with Gasteiger partial charge >= 0.3 is 11.9 Å². The Balaban J connectivity index is 1.66. The van der Waals surface area contributed by atoms with Crippen molar-refractivity contribution in [1.29, 1.82) is 0 Å². The highest BCUT2D eigenvalue weighted by Gasteiger charge is 2.39. The van der Waals surface area contributed by atoms with E-state index in [1.165, 1.54) is 26.3 Å². The molecule has 0 radical (unpaired) electrons. The Morgan fingerprint density at radius 3 is 2.36 bits per heavy atom. The smallest absolute Gasteiger partial charge is 0.348 e. The number of carbonyl (C=O) groups excluding carboxylic acids is 2. The summed E-state index contributed by atoms with van der Waals surface area (Å²) in [6.45, 7) is 11.2. The van der Waals surface area contributed by atoms with Gasteiger partial charge < -0.3 is 14.2 Å². The number of ether oxygens (including phenoxy) is 3. The summed E-state index contributed by atoms with van der Waals surface area (Å²) in [5.74, 6) is -0.593. The molecular weight excluding hydrogens is 358 g/mol. The molecule has 2 aliphatic heterocycles. The summed E-state index contributed by atoms with van der Waals surface area (Å²) in [5.41, 5.74) is 0.514. The van der Waals surface area contributed by atoms with Crippen LogP contribution in [0.5, 0.6) is 5.75 Å². The molecule has 2 fully saturated rings. The van der Waals surface area contributed by atoms with E-state index in [1.807, 2.05) is 18.2 Å². The second-order valence-electron chi connectivity index (χ2n) is 8.33. The Morgan fingerprint density at radius 1 is 1.11 bits per heavy atom. The molecule has 2 heterocycles. The van der Waals surface area contributed by atoms with Gasteiger partial charge in [-0.15, -0.1) is 0 Å². The van der Waals surface area contributed by atoms with E-state index in [0.29, 0.717) is 29.8 Å². The summed E-state index contributed by atoms with van der Waals surface area (Å²) in [6, 6.07) is 7.32. The monoisotopic (exact) mass is 387 g/mol. The number of hydrogen-bond donors (Lipinski definition) is 0. The lowest BCUT2D eigenvalue weighted by molar-refractivity contribution is -0.222. The Morgan fingerprint density at radius 2 is 1.71 bits per heavy atom. The number of piperidine rings is 1. The number of cyclic esters (lactones) is 2. The molecule has 0 bridgehead atoms. The maximum Gasteiger partial charge on any atom is 0.348 e. The first-order chi connectivity index (χ1) is 13.2. The van der Waals surface area contributed by atoms with Crippen LogP contribution in [0.3, 0.4) is 0 Å². The van der Waals surface area contributed by atoms with Crippen molar-refractivity contribution in [1.82, 2.24) is 4.90 Å². The predicted octanol–water partition coefficient (Wildman–Crippen LogP) is 3.26. The zero-order valence-corrected chi connectivity index (χ0v) is 17.1. The number of rotatable bonds is 5. The molecule has 6 nitrogen and oxygen atoms in total. The van der Waals surface area contributed by atoms with Crippen molar-refractivity contribution in [2.75, 3.05) is 26.2 Å². The fourth-order valence-corrected chi connectivity index (χ4v) is 3.92. The summed E-state index contributed by atoms with van der Waals surface area (Å²) < 4.78 is 16.3. The van der Waals surface area contributed by atoms with Gasteiger partial charge in [-0.2, -0.15) is 0 Å². The highest BCUT2D eigenvalue weighted by atomic mass is 16.7. The fraction of sp³-hybridized carbons (Fsp3) is 0.545. The van der Waals surface area contributed by atoms with E-state index in [-0.39, 0.29) is 5.57 Å². The largest absolute Gasteiger partial charge is 0.492 e. The van der Waals surface area contributed by atoms with Gasteiger partial charge in [-0.1, -0.05) is 32.0 Å². The molecule has 0 aliphatic carbocycles. The topological polar surface area (TPSA) is 65.1 Å². The molecule has 1 aromatic rings. The molecule has 152 valence electrons. The molecule has 0 spiro atoms. The summed E-state index contributed by atoms with van der Waals surface area (Å²) in [5, 5.41) is 0. The van der Waals surface area contributed by atoms with Gasteiger partial charge in [0.2, 0.25) is 0 Å². The first kappa shape index (κ1) is 20.4. The van der Waals surface area contributed by atoms with Gasteiger partial charge in [0.1, 0.15) is 17.9 Å². The quantitative estimate of drug-likeness (QED) is 0.439. The van der Waals surface area contributed by atoms with Crippen LogP contribution in [-0.2, 0) is 19.1 Å². The van der Waals surface area contributed by atoms with E-state index in [0.717, 1.165) is 19.6 Å². The van der Waals surface area contributed by atoms with Crippen molar-refractivity contribution >= 4 is 18.0 Å². The van der Waals surface area contributed by atoms with E-state index >= 15 is 0 Å². The maximum atomic E-state index is 12.2. The molecule has 0 aromatic heterocycles. The van der Waals surface area contributed by atoms with Gasteiger partial charge in [0.25, 0.3) is 5.79 Å². The molecule has 2 aliphatic rings. The van der Waals surface area contributed by atoms with Crippen molar-refractivity contribution in [3.05, 3.63) is 35.4 Å². The third-order valence-corrected chi connectivity index (χ3v) is 4.95. The normalized spacial score (nSPS) is 25.1. The first-order valence-corrected chi connectivity index (χ1v) is 9.86. The minimum absolute atomic E-state index is 0.131. The van der Waals surface area contributed by atoms with Crippen LogP contribution in [0.25, 0.3) is 6.08 Å². The number of esters is 2. The predicted molar refractivity (Wildman–Crippen MR) is 106 cm³/mol. The van der Waals surface area contributed by atoms with Crippen molar-refractivity contribution in [2.24, 2.45) is 11.8 Å². The van der Waals surface area contributed by atoms with Crippen LogP contribution in [0.1, 0.15) is 39.7 Å². The average molecular weight is 387 g/mol. The molecule has 2 saturated heterocycles. The van der Waals surface area contributed by atoms with Crippen LogP contribution in [0.2, 0.25) is 0 Å². The zero-order valence-electron chi connectivity index (χ0n) is 17.1.